The summed E-state index contributed by atoms with van der Waals surface area (Å²) >= 11 is 0. The third kappa shape index (κ3) is 1.08. The van der Waals surface area contributed by atoms with Gasteiger partial charge in [0.05, 0.1) is 12.5 Å². The van der Waals surface area contributed by atoms with Crippen LogP contribution in [0.25, 0.3) is 0 Å². The van der Waals surface area contributed by atoms with Crippen LogP contribution in [0.5, 0.6) is 0 Å². The maximum absolute atomic E-state index is 4.58. The zero-order valence-electron chi connectivity index (χ0n) is 2.72. The van der Waals surface area contributed by atoms with Crippen LogP contribution < -0.4 is 0 Å². The van der Waals surface area contributed by atoms with E-state index in [1.54, 1.807) is 12.5 Å². The number of rotatable bonds is 0. The van der Waals surface area contributed by atoms with Gasteiger partial charge in [-0.1, -0.05) is 0 Å². The molecule has 1 aromatic rings. The highest BCUT2D eigenvalue weighted by molar-refractivity contribution is 5.75. The molecule has 0 amide bonds. The van der Waals surface area contributed by atoms with Crippen LogP contribution in [0.2, 0.25) is 0 Å². The molecule has 0 atom stereocenters. The minimum Gasteiger partial charge on any atom is -0.473 e. The van der Waals surface area contributed by atoms with Gasteiger partial charge in [0.2, 0.25) is 0 Å². The Kier molecular flexibility index (Phi) is 2.49. The summed E-state index contributed by atoms with van der Waals surface area (Å²) in [6.45, 7) is 0. The van der Waals surface area contributed by atoms with E-state index in [9.17, 15) is 0 Å². The van der Waals surface area contributed by atoms with E-state index in [1.165, 1.54) is 0 Å². The van der Waals surface area contributed by atoms with E-state index in [-0.39, 0.29) is 11.0 Å². The number of hydrogen-bond donors (Lipinski definition) is 0. The van der Waals surface area contributed by atoms with E-state index in [0.717, 1.165) is 0 Å². The summed E-state index contributed by atoms with van der Waals surface area (Å²) in [5.41, 5.74) is 0. The Bertz CT molecular complexity index is 64.0. The Balaban J connectivity index is 0.000000250. The average Bonchev–Trinajstić information content (AvgIpc) is 1.76. The van der Waals surface area contributed by atoms with Gasteiger partial charge in [0.15, 0.2) is 0 Å². The Morgan fingerprint density at radius 3 is 1.67 bits per heavy atom. The van der Waals surface area contributed by atoms with Gasteiger partial charge < -0.3 is 4.42 Å². The van der Waals surface area contributed by atoms with Gasteiger partial charge in [0.25, 0.3) is 0 Å². The third-order valence-corrected chi connectivity index (χ3v) is 0.425. The summed E-state index contributed by atoms with van der Waals surface area (Å²) in [6, 6.07) is 3.67. The van der Waals surface area contributed by atoms with E-state index in [0.29, 0.717) is 0 Å². The predicted octanol–water partition coefficient (Wildman–Crippen LogP) is -0.172. The van der Waals surface area contributed by atoms with Crippen molar-refractivity contribution in [1.29, 1.82) is 0 Å². The second-order valence-electron chi connectivity index (χ2n) is 0.793. The van der Waals surface area contributed by atoms with Gasteiger partial charge in [-0.25, -0.2) is 0 Å². The molecule has 0 aromatic carbocycles. The van der Waals surface area contributed by atoms with E-state index < -0.39 is 0 Å². The quantitative estimate of drug-likeness (QED) is 0.412. The second kappa shape index (κ2) is 2.72. The van der Waals surface area contributed by atoms with Crippen LogP contribution in [0.15, 0.2) is 29.1 Å². The summed E-state index contributed by atoms with van der Waals surface area (Å²) in [5, 5.41) is 0. The van der Waals surface area contributed by atoms with Gasteiger partial charge in [-0.2, -0.15) is 0 Å². The summed E-state index contributed by atoms with van der Waals surface area (Å²) in [7, 11) is 0. The van der Waals surface area contributed by atoms with Crippen molar-refractivity contribution in [1.82, 2.24) is 0 Å². The van der Waals surface area contributed by atoms with Crippen LogP contribution in [0.3, 0.4) is 0 Å². The fraction of sp³-hybridized carbons (Fsp3) is 0. The largest absolute Gasteiger partial charge is 0.473 e. The topological polar surface area (TPSA) is 13.1 Å². The molecule has 1 heterocycles. The van der Waals surface area contributed by atoms with Crippen molar-refractivity contribution < 1.29 is 4.42 Å². The zero-order chi connectivity index (χ0) is 3.54. The molecule has 0 bridgehead atoms. The molecule has 1 nitrogen and oxygen atoms in total. The first-order valence-electron chi connectivity index (χ1n) is 1.47. The van der Waals surface area contributed by atoms with Crippen LogP contribution in [0.1, 0.15) is 0 Å². The second-order valence-corrected chi connectivity index (χ2v) is 0.793. The summed E-state index contributed by atoms with van der Waals surface area (Å²) in [6.07, 6.45) is 3.25. The first-order valence-corrected chi connectivity index (χ1v) is 1.47. The summed E-state index contributed by atoms with van der Waals surface area (Å²) < 4.78 is 4.58. The molecule has 0 saturated heterocycles. The van der Waals surface area contributed by atoms with Gasteiger partial charge in [-0.05, 0) is 23.1 Å². The summed E-state index contributed by atoms with van der Waals surface area (Å²) in [4.78, 5) is 0. The third-order valence-electron chi connectivity index (χ3n) is 0.425. The lowest BCUT2D eigenvalue weighted by Crippen LogP contribution is -1.16. The lowest BCUT2D eigenvalue weighted by Gasteiger charge is -1.50. The highest BCUT2D eigenvalue weighted by Crippen LogP contribution is 1.79. The highest BCUT2D eigenvalue weighted by Gasteiger charge is 1.58. The van der Waals surface area contributed by atoms with Gasteiger partial charge in [-0.3, -0.25) is 0 Å². The lowest BCUT2D eigenvalue weighted by molar-refractivity contribution is 0.567. The monoisotopic (exact) mass is 100 g/mol. The first kappa shape index (κ1) is 5.50. The van der Waals surface area contributed by atoms with Gasteiger partial charge in [0, 0.05) is 0 Å². The van der Waals surface area contributed by atoms with Crippen LogP contribution >= 0.6 is 0 Å². The number of furan rings is 1. The van der Waals surface area contributed by atoms with Crippen molar-refractivity contribution >= 4 is 11.0 Å². The Morgan fingerprint density at radius 2 is 1.50 bits per heavy atom. The average molecular weight is 100 g/mol. The van der Waals surface area contributed by atoms with Crippen LogP contribution in [0, 0.1) is 0 Å². The normalized spacial score (nSPS) is 6.67. The Morgan fingerprint density at radius 1 is 1.00 bits per heavy atom. The molecular weight excluding hydrogens is 92.1 g/mol. The van der Waals surface area contributed by atoms with E-state index in [4.69, 9.17) is 0 Å². The van der Waals surface area contributed by atoms with E-state index >= 15 is 0 Å². The molecule has 0 aliphatic rings. The first-order chi connectivity index (χ1) is 2.50. The molecule has 0 spiro atoms. The molecule has 0 fully saturated rings. The standard InChI is InChI=1S/C4H4O.H4Si/c1-2-4-5-3-1;/h1-4H;1H4. The van der Waals surface area contributed by atoms with Crippen molar-refractivity contribution in [3.05, 3.63) is 24.7 Å². The fourth-order valence-corrected chi connectivity index (χ4v) is 0.227. The molecule has 0 aliphatic heterocycles. The van der Waals surface area contributed by atoms with Crippen molar-refractivity contribution in [3.8, 4) is 0 Å². The molecule has 0 N–H and O–H groups in total. The van der Waals surface area contributed by atoms with Crippen molar-refractivity contribution in [2.45, 2.75) is 0 Å². The van der Waals surface area contributed by atoms with Crippen LogP contribution in [-0.2, 0) is 0 Å². The molecule has 0 unspecified atom stereocenters. The fourth-order valence-electron chi connectivity index (χ4n) is 0.227. The molecule has 1 aromatic heterocycles. The molecule has 2 heteroatoms. The maximum atomic E-state index is 4.58. The van der Waals surface area contributed by atoms with Crippen LogP contribution in [0.4, 0.5) is 0 Å². The smallest absolute Gasteiger partial charge is 0.0902 e. The van der Waals surface area contributed by atoms with Crippen LogP contribution in [-0.4, -0.2) is 11.0 Å². The van der Waals surface area contributed by atoms with E-state index in [2.05, 4.69) is 4.42 Å². The van der Waals surface area contributed by atoms with Crippen molar-refractivity contribution in [2.24, 2.45) is 0 Å². The lowest BCUT2D eigenvalue weighted by atomic mass is 10.7. The number of hydrogen-bond acceptors (Lipinski definition) is 1. The predicted molar refractivity (Wildman–Crippen MR) is 30.0 cm³/mol. The SMILES string of the molecule is [SiH4].c1ccoc1. The molecule has 1 rings (SSSR count). The Labute approximate surface area is 41.0 Å². The zero-order valence-corrected chi connectivity index (χ0v) is 2.72. The maximum Gasteiger partial charge on any atom is 0.0902 e. The van der Waals surface area contributed by atoms with Gasteiger partial charge >= 0.3 is 0 Å². The molecule has 0 saturated carbocycles. The highest BCUT2D eigenvalue weighted by atomic mass is 28.1. The molecule has 6 heavy (non-hydrogen) atoms. The van der Waals surface area contributed by atoms with Crippen molar-refractivity contribution in [2.75, 3.05) is 0 Å². The molecule has 0 radical (unpaired) electrons. The van der Waals surface area contributed by atoms with Gasteiger partial charge in [-0.15, -0.1) is 0 Å². The van der Waals surface area contributed by atoms with Gasteiger partial charge in [0.1, 0.15) is 0 Å². The summed E-state index contributed by atoms with van der Waals surface area (Å²) in [5.74, 6) is 0. The Hall–Kier alpha value is -0.503. The molecule has 34 valence electrons. The molecule has 0 aliphatic carbocycles. The molecular formula is C4H8OSi. The minimum atomic E-state index is 0. The van der Waals surface area contributed by atoms with E-state index in [1.807, 2.05) is 12.1 Å². The van der Waals surface area contributed by atoms with Crippen molar-refractivity contribution in [3.63, 3.8) is 0 Å². The minimum absolute atomic E-state index is 0.